The van der Waals surface area contributed by atoms with Gasteiger partial charge in [-0.15, -0.1) is 0 Å². The molecule has 0 amide bonds. The maximum Gasteiger partial charge on any atom is 0.0211 e. The summed E-state index contributed by atoms with van der Waals surface area (Å²) in [6.07, 6.45) is 1.74. The third kappa shape index (κ3) is 2.98. The van der Waals surface area contributed by atoms with Gasteiger partial charge in [-0.05, 0) is 25.6 Å². The van der Waals surface area contributed by atoms with Gasteiger partial charge >= 0.3 is 0 Å². The van der Waals surface area contributed by atoms with Gasteiger partial charge in [0, 0.05) is 11.6 Å². The Kier molecular flexibility index (Phi) is 4.17. The third-order valence-electron chi connectivity index (χ3n) is 2.53. The van der Waals surface area contributed by atoms with E-state index >= 15 is 0 Å². The van der Waals surface area contributed by atoms with Gasteiger partial charge in [0.15, 0.2) is 0 Å². The molecule has 1 rings (SSSR count). The molecule has 1 aromatic carbocycles. The van der Waals surface area contributed by atoms with Crippen LogP contribution in [0.2, 0.25) is 0 Å². The molecule has 1 aromatic rings. The first-order chi connectivity index (χ1) is 7.16. The maximum absolute atomic E-state index is 3.71. The van der Waals surface area contributed by atoms with E-state index in [1.54, 1.807) is 6.20 Å². The lowest BCUT2D eigenvalue weighted by molar-refractivity contribution is 0.797. The monoisotopic (exact) mass is 201 g/mol. The quantitative estimate of drug-likeness (QED) is 0.781. The molecule has 1 atom stereocenters. The van der Waals surface area contributed by atoms with Crippen molar-refractivity contribution in [2.24, 2.45) is 0 Å². The topological polar surface area (TPSA) is 12.0 Å². The second-order valence-electron chi connectivity index (χ2n) is 3.89. The van der Waals surface area contributed by atoms with Crippen molar-refractivity contribution >= 4 is 0 Å². The molecule has 0 fully saturated rings. The Bertz CT molecular complexity index is 345. The zero-order chi connectivity index (χ0) is 11.3. The van der Waals surface area contributed by atoms with Crippen molar-refractivity contribution in [3.8, 4) is 0 Å². The van der Waals surface area contributed by atoms with Crippen molar-refractivity contribution in [2.75, 3.05) is 0 Å². The molecule has 1 N–H and O–H groups in total. The summed E-state index contributed by atoms with van der Waals surface area (Å²) in [5.41, 5.74) is 3.85. The van der Waals surface area contributed by atoms with Gasteiger partial charge in [-0.1, -0.05) is 49.4 Å². The van der Waals surface area contributed by atoms with Crippen LogP contribution in [0.5, 0.6) is 0 Å². The van der Waals surface area contributed by atoms with Crippen LogP contribution < -0.4 is 5.32 Å². The van der Waals surface area contributed by atoms with Crippen LogP contribution >= 0.6 is 0 Å². The molecule has 80 valence electrons. The predicted octanol–water partition coefficient (Wildman–Crippen LogP) is 3.82. The van der Waals surface area contributed by atoms with Crippen molar-refractivity contribution in [3.05, 3.63) is 59.9 Å². The first kappa shape index (κ1) is 11.6. The number of hydrogen-bond donors (Lipinski definition) is 1. The summed E-state index contributed by atoms with van der Waals surface area (Å²) in [5.74, 6) is 0.384. The minimum atomic E-state index is 0.384. The first-order valence-corrected chi connectivity index (χ1v) is 5.26. The lowest BCUT2D eigenvalue weighted by Crippen LogP contribution is -2.13. The Morgan fingerprint density at radius 2 is 1.87 bits per heavy atom. The van der Waals surface area contributed by atoms with Gasteiger partial charge < -0.3 is 5.32 Å². The summed E-state index contributed by atoms with van der Waals surface area (Å²) in [5, 5.41) is 3.22. The largest absolute Gasteiger partial charge is 0.365 e. The molecule has 0 heterocycles. The van der Waals surface area contributed by atoms with Crippen LogP contribution in [0, 0.1) is 0 Å². The Hall–Kier alpha value is -1.50. The second-order valence-corrected chi connectivity index (χ2v) is 3.89. The van der Waals surface area contributed by atoms with E-state index in [9.17, 15) is 0 Å². The highest BCUT2D eigenvalue weighted by Gasteiger charge is 2.10. The maximum atomic E-state index is 3.71. The fourth-order valence-electron chi connectivity index (χ4n) is 1.72. The zero-order valence-corrected chi connectivity index (χ0v) is 9.75. The van der Waals surface area contributed by atoms with E-state index in [2.05, 4.69) is 56.9 Å². The number of nitrogens with one attached hydrogen (secondary N) is 1. The van der Waals surface area contributed by atoms with Gasteiger partial charge in [0.25, 0.3) is 0 Å². The molecule has 0 spiro atoms. The van der Waals surface area contributed by atoms with Crippen LogP contribution in [-0.4, -0.2) is 0 Å². The van der Waals surface area contributed by atoms with E-state index in [0.717, 1.165) is 0 Å². The minimum Gasteiger partial charge on any atom is -0.365 e. The van der Waals surface area contributed by atoms with Crippen molar-refractivity contribution in [1.29, 1.82) is 0 Å². The highest BCUT2D eigenvalue weighted by molar-refractivity contribution is 5.29. The molecule has 0 aromatic heterocycles. The van der Waals surface area contributed by atoms with Crippen LogP contribution in [0.3, 0.4) is 0 Å². The number of benzene rings is 1. The highest BCUT2D eigenvalue weighted by Crippen LogP contribution is 2.23. The molecule has 1 nitrogen and oxygen atoms in total. The summed E-state index contributed by atoms with van der Waals surface area (Å²) >= 11 is 0. The van der Waals surface area contributed by atoms with Gasteiger partial charge in [0.1, 0.15) is 0 Å². The molecule has 0 bridgehead atoms. The lowest BCUT2D eigenvalue weighted by Gasteiger charge is -2.18. The molecule has 0 aliphatic heterocycles. The smallest absolute Gasteiger partial charge is 0.0211 e. The van der Waals surface area contributed by atoms with Crippen molar-refractivity contribution in [2.45, 2.75) is 26.7 Å². The van der Waals surface area contributed by atoms with E-state index in [4.69, 9.17) is 0 Å². The number of allylic oxidation sites excluding steroid dienone is 2. The van der Waals surface area contributed by atoms with Crippen molar-refractivity contribution in [1.82, 2.24) is 5.32 Å². The number of hydrogen-bond acceptors (Lipinski definition) is 1. The predicted molar refractivity (Wildman–Crippen MR) is 66.6 cm³/mol. The molecular formula is C14H19N. The Morgan fingerprint density at radius 3 is 2.33 bits per heavy atom. The Morgan fingerprint density at radius 1 is 1.27 bits per heavy atom. The van der Waals surface area contributed by atoms with E-state index in [1.165, 1.54) is 16.8 Å². The van der Waals surface area contributed by atoms with Gasteiger partial charge in [0.05, 0.1) is 0 Å². The van der Waals surface area contributed by atoms with Crippen molar-refractivity contribution < 1.29 is 0 Å². The minimum absolute atomic E-state index is 0.384. The Labute approximate surface area is 92.5 Å². The standard InChI is InChI=1S/C14H19N/c1-5-15-14(11(2)3)12(4)13-9-7-6-8-10-13/h5-10,12,15H,1H2,2-4H3. The lowest BCUT2D eigenvalue weighted by atomic mass is 9.95. The SMILES string of the molecule is C=CNC(=C(C)C)C(C)c1ccccc1. The number of rotatable bonds is 4. The average molecular weight is 201 g/mol. The third-order valence-corrected chi connectivity index (χ3v) is 2.53. The molecule has 0 radical (unpaired) electrons. The van der Waals surface area contributed by atoms with Crippen LogP contribution in [-0.2, 0) is 0 Å². The summed E-state index contributed by atoms with van der Waals surface area (Å²) in [6, 6.07) is 10.5. The molecule has 1 heteroatoms. The summed E-state index contributed by atoms with van der Waals surface area (Å²) in [7, 11) is 0. The van der Waals surface area contributed by atoms with Crippen LogP contribution in [0.4, 0.5) is 0 Å². The fourth-order valence-corrected chi connectivity index (χ4v) is 1.72. The molecule has 0 saturated carbocycles. The van der Waals surface area contributed by atoms with Gasteiger partial charge in [0.2, 0.25) is 0 Å². The van der Waals surface area contributed by atoms with E-state index < -0.39 is 0 Å². The van der Waals surface area contributed by atoms with Gasteiger partial charge in [-0.25, -0.2) is 0 Å². The first-order valence-electron chi connectivity index (χ1n) is 5.26. The van der Waals surface area contributed by atoms with Gasteiger partial charge in [-0.3, -0.25) is 0 Å². The normalized spacial score (nSPS) is 11.7. The molecular weight excluding hydrogens is 182 g/mol. The summed E-state index contributed by atoms with van der Waals surface area (Å²) < 4.78 is 0. The van der Waals surface area contributed by atoms with Crippen LogP contribution in [0.15, 0.2) is 54.4 Å². The Balaban J connectivity index is 2.97. The van der Waals surface area contributed by atoms with Gasteiger partial charge in [-0.2, -0.15) is 0 Å². The highest BCUT2D eigenvalue weighted by atomic mass is 14.9. The molecule has 0 aliphatic rings. The summed E-state index contributed by atoms with van der Waals surface area (Å²) in [4.78, 5) is 0. The zero-order valence-electron chi connectivity index (χ0n) is 9.75. The van der Waals surface area contributed by atoms with Crippen molar-refractivity contribution in [3.63, 3.8) is 0 Å². The molecule has 1 unspecified atom stereocenters. The van der Waals surface area contributed by atoms with E-state index in [1.807, 2.05) is 6.07 Å². The van der Waals surface area contributed by atoms with Crippen LogP contribution in [0.25, 0.3) is 0 Å². The molecule has 0 aliphatic carbocycles. The fraction of sp³-hybridized carbons (Fsp3) is 0.286. The second kappa shape index (κ2) is 5.40. The summed E-state index contributed by atoms with van der Waals surface area (Å²) in [6.45, 7) is 10.1. The molecule has 0 saturated heterocycles. The van der Waals surface area contributed by atoms with E-state index in [0.29, 0.717) is 5.92 Å². The van der Waals surface area contributed by atoms with E-state index in [-0.39, 0.29) is 0 Å². The van der Waals surface area contributed by atoms with Crippen LogP contribution in [0.1, 0.15) is 32.3 Å². The molecule has 15 heavy (non-hydrogen) atoms. The average Bonchev–Trinajstić information content (AvgIpc) is 2.26.